The molecule has 6 heteroatoms. The highest BCUT2D eigenvalue weighted by Crippen LogP contribution is 2.31. The molecular weight excluding hydrogens is 376 g/mol. The Morgan fingerprint density at radius 1 is 1.07 bits per heavy atom. The van der Waals surface area contributed by atoms with E-state index < -0.39 is 0 Å². The largest absolute Gasteiger partial charge is 0.456 e. The number of hydrogen-bond acceptors (Lipinski definition) is 5. The molecule has 2 aromatic rings. The van der Waals surface area contributed by atoms with Crippen LogP contribution in [0.15, 0.2) is 36.5 Å². The van der Waals surface area contributed by atoms with Crippen LogP contribution in [0.25, 0.3) is 0 Å². The third-order valence-corrected chi connectivity index (χ3v) is 6.56. The fourth-order valence-electron chi connectivity index (χ4n) is 5.00. The van der Waals surface area contributed by atoms with Crippen molar-refractivity contribution in [2.75, 3.05) is 13.6 Å². The summed E-state index contributed by atoms with van der Waals surface area (Å²) in [4.78, 5) is 14.9. The topological polar surface area (TPSA) is 60.2 Å². The third kappa shape index (κ3) is 5.48. The van der Waals surface area contributed by atoms with Crippen LogP contribution >= 0.6 is 0 Å². The lowest BCUT2D eigenvalue weighted by Crippen LogP contribution is -2.32. The van der Waals surface area contributed by atoms with Gasteiger partial charge in [0, 0.05) is 13.1 Å². The Labute approximate surface area is 179 Å². The molecule has 1 aromatic heterocycles. The molecule has 2 saturated carbocycles. The lowest BCUT2D eigenvalue weighted by atomic mass is 9.89. The van der Waals surface area contributed by atoms with Crippen molar-refractivity contribution in [3.05, 3.63) is 47.8 Å². The zero-order valence-electron chi connectivity index (χ0n) is 18.1. The molecule has 0 N–H and O–H groups in total. The highest BCUT2D eigenvalue weighted by Gasteiger charge is 2.31. The third-order valence-electron chi connectivity index (χ3n) is 6.56. The molecule has 2 aliphatic carbocycles. The van der Waals surface area contributed by atoms with Crippen LogP contribution in [-0.4, -0.2) is 45.6 Å². The lowest BCUT2D eigenvalue weighted by molar-refractivity contribution is 0.00176. The van der Waals surface area contributed by atoms with Crippen LogP contribution in [0.4, 0.5) is 0 Å². The van der Waals surface area contributed by atoms with Crippen LogP contribution in [0.3, 0.4) is 0 Å². The van der Waals surface area contributed by atoms with Crippen LogP contribution in [0, 0.1) is 5.92 Å². The van der Waals surface area contributed by atoms with E-state index in [1.165, 1.54) is 32.1 Å². The first-order chi connectivity index (χ1) is 14.7. The van der Waals surface area contributed by atoms with Gasteiger partial charge in [-0.05, 0) is 57.2 Å². The Morgan fingerprint density at radius 3 is 2.60 bits per heavy atom. The summed E-state index contributed by atoms with van der Waals surface area (Å²) in [6, 6.07) is 9.30. The molecule has 2 fully saturated rings. The summed E-state index contributed by atoms with van der Waals surface area (Å²) in [5, 5.41) is 8.85. The van der Waals surface area contributed by atoms with E-state index in [9.17, 15) is 4.79 Å². The molecule has 1 heterocycles. The quantitative estimate of drug-likeness (QED) is 0.623. The number of benzene rings is 1. The maximum absolute atomic E-state index is 12.6. The number of hydrogen-bond donors (Lipinski definition) is 0. The van der Waals surface area contributed by atoms with Crippen molar-refractivity contribution < 1.29 is 9.53 Å². The summed E-state index contributed by atoms with van der Waals surface area (Å²) in [6.07, 6.45) is 12.8. The second-order valence-corrected chi connectivity index (χ2v) is 9.05. The van der Waals surface area contributed by atoms with E-state index in [0.717, 1.165) is 50.4 Å². The minimum Gasteiger partial charge on any atom is -0.456 e. The fourth-order valence-corrected chi connectivity index (χ4v) is 5.00. The van der Waals surface area contributed by atoms with E-state index in [0.29, 0.717) is 5.56 Å². The van der Waals surface area contributed by atoms with Gasteiger partial charge in [0.25, 0.3) is 0 Å². The maximum Gasteiger partial charge on any atom is 0.338 e. The zero-order chi connectivity index (χ0) is 20.8. The van der Waals surface area contributed by atoms with Gasteiger partial charge in [-0.1, -0.05) is 49.1 Å². The zero-order valence-corrected chi connectivity index (χ0v) is 18.1. The minimum absolute atomic E-state index is 0.0660. The van der Waals surface area contributed by atoms with Crippen molar-refractivity contribution in [2.45, 2.75) is 76.5 Å². The summed E-state index contributed by atoms with van der Waals surface area (Å²) in [7, 11) is 2.18. The van der Waals surface area contributed by atoms with Crippen molar-refractivity contribution >= 4 is 5.97 Å². The summed E-state index contributed by atoms with van der Waals surface area (Å²) in [5.74, 6) is 0.568. The predicted molar refractivity (Wildman–Crippen MR) is 116 cm³/mol. The summed E-state index contributed by atoms with van der Waals surface area (Å²) < 4.78 is 7.83. The highest BCUT2D eigenvalue weighted by atomic mass is 16.5. The molecular formula is C24H34N4O2. The first-order valence-corrected chi connectivity index (χ1v) is 11.5. The van der Waals surface area contributed by atoms with Crippen LogP contribution in [0.5, 0.6) is 0 Å². The van der Waals surface area contributed by atoms with Gasteiger partial charge in [0.15, 0.2) is 0 Å². The van der Waals surface area contributed by atoms with Gasteiger partial charge in [0.2, 0.25) is 0 Å². The van der Waals surface area contributed by atoms with Crippen molar-refractivity contribution in [1.82, 2.24) is 19.9 Å². The first kappa shape index (κ1) is 21.0. The van der Waals surface area contributed by atoms with Crippen molar-refractivity contribution in [2.24, 2.45) is 5.92 Å². The van der Waals surface area contributed by atoms with E-state index in [4.69, 9.17) is 4.74 Å². The SMILES string of the molecule is CN(Cc1cn(C2CCCCC2OC(=O)c2ccccc2)nn1)CC1CCCCC1. The Bertz CT molecular complexity index is 801. The number of aromatic nitrogens is 3. The van der Waals surface area contributed by atoms with Crippen molar-refractivity contribution in [3.8, 4) is 0 Å². The molecule has 0 amide bonds. The monoisotopic (exact) mass is 410 g/mol. The number of ether oxygens (including phenoxy) is 1. The summed E-state index contributed by atoms with van der Waals surface area (Å²) in [6.45, 7) is 1.95. The maximum atomic E-state index is 12.6. The van der Waals surface area contributed by atoms with E-state index in [1.54, 1.807) is 12.1 Å². The molecule has 1 aromatic carbocycles. The van der Waals surface area contributed by atoms with Gasteiger partial charge in [0.05, 0.1) is 23.5 Å². The first-order valence-electron chi connectivity index (χ1n) is 11.5. The van der Waals surface area contributed by atoms with Crippen molar-refractivity contribution in [3.63, 3.8) is 0 Å². The van der Waals surface area contributed by atoms with Gasteiger partial charge in [-0.2, -0.15) is 0 Å². The lowest BCUT2D eigenvalue weighted by Gasteiger charge is -2.31. The fraction of sp³-hybridized carbons (Fsp3) is 0.625. The number of carbonyl (C=O) groups excluding carboxylic acids is 1. The standard InChI is InChI=1S/C24H34N4O2/c1-27(16-19-10-4-2-5-11-19)17-21-18-28(26-25-21)22-14-8-9-15-23(22)30-24(29)20-12-6-3-7-13-20/h3,6-7,12-13,18-19,22-23H,2,4-5,8-11,14-17H2,1H3. The molecule has 2 aliphatic rings. The van der Waals surface area contributed by atoms with Crippen LogP contribution < -0.4 is 0 Å². The molecule has 2 unspecified atom stereocenters. The molecule has 2 atom stereocenters. The number of nitrogens with zero attached hydrogens (tertiary/aromatic N) is 4. The van der Waals surface area contributed by atoms with E-state index in [2.05, 4.69) is 28.5 Å². The highest BCUT2D eigenvalue weighted by molar-refractivity contribution is 5.89. The molecule has 30 heavy (non-hydrogen) atoms. The van der Waals surface area contributed by atoms with Crippen LogP contribution in [0.2, 0.25) is 0 Å². The smallest absolute Gasteiger partial charge is 0.338 e. The normalized spacial score (nSPS) is 22.9. The van der Waals surface area contributed by atoms with E-state index in [1.807, 2.05) is 22.9 Å². The number of esters is 1. The molecule has 0 bridgehead atoms. The molecule has 6 nitrogen and oxygen atoms in total. The Balaban J connectivity index is 1.36. The van der Waals surface area contributed by atoms with Crippen LogP contribution in [-0.2, 0) is 11.3 Å². The van der Waals surface area contributed by atoms with Gasteiger partial charge in [-0.3, -0.25) is 0 Å². The molecule has 0 spiro atoms. The summed E-state index contributed by atoms with van der Waals surface area (Å²) >= 11 is 0. The van der Waals surface area contributed by atoms with Crippen molar-refractivity contribution in [1.29, 1.82) is 0 Å². The molecule has 0 saturated heterocycles. The Kier molecular flexibility index (Phi) is 7.16. The second-order valence-electron chi connectivity index (χ2n) is 9.05. The van der Waals surface area contributed by atoms with Gasteiger partial charge >= 0.3 is 5.97 Å². The second kappa shape index (κ2) is 10.2. The average molecular weight is 411 g/mol. The van der Waals surface area contributed by atoms with E-state index in [-0.39, 0.29) is 18.1 Å². The van der Waals surface area contributed by atoms with Gasteiger partial charge in [-0.15, -0.1) is 5.10 Å². The number of carbonyl (C=O) groups is 1. The molecule has 162 valence electrons. The molecule has 4 rings (SSSR count). The summed E-state index contributed by atoms with van der Waals surface area (Å²) in [5.41, 5.74) is 1.59. The van der Waals surface area contributed by atoms with Gasteiger partial charge < -0.3 is 9.64 Å². The minimum atomic E-state index is -0.250. The molecule has 0 radical (unpaired) electrons. The van der Waals surface area contributed by atoms with E-state index >= 15 is 0 Å². The average Bonchev–Trinajstić information content (AvgIpc) is 3.23. The molecule has 0 aliphatic heterocycles. The van der Waals surface area contributed by atoms with Gasteiger partial charge in [0.1, 0.15) is 6.10 Å². The van der Waals surface area contributed by atoms with Crippen LogP contribution in [0.1, 0.15) is 79.9 Å². The predicted octanol–water partition coefficient (Wildman–Crippen LogP) is 4.63. The number of rotatable bonds is 7. The Hall–Kier alpha value is -2.21. The van der Waals surface area contributed by atoms with Gasteiger partial charge in [-0.25, -0.2) is 9.48 Å². The Morgan fingerprint density at radius 2 is 1.80 bits per heavy atom.